The monoisotopic (exact) mass is 382 g/mol. The van der Waals surface area contributed by atoms with E-state index < -0.39 is 0 Å². The Morgan fingerprint density at radius 2 is 1.96 bits per heavy atom. The van der Waals surface area contributed by atoms with E-state index in [1.165, 1.54) is 0 Å². The molecule has 0 aliphatic heterocycles. The summed E-state index contributed by atoms with van der Waals surface area (Å²) >= 11 is 0. The van der Waals surface area contributed by atoms with Crippen molar-refractivity contribution in [2.24, 2.45) is 0 Å². The van der Waals surface area contributed by atoms with Gasteiger partial charge >= 0.3 is 5.97 Å². The highest BCUT2D eigenvalue weighted by molar-refractivity contribution is 5.89. The number of benzene rings is 1. The van der Waals surface area contributed by atoms with E-state index in [9.17, 15) is 4.79 Å². The second kappa shape index (κ2) is 9.61. The fourth-order valence-corrected chi connectivity index (χ4v) is 2.53. The highest BCUT2D eigenvalue weighted by atomic mass is 16.5. The number of nitrogen functional groups attached to an aromatic ring is 1. The molecule has 8 heteroatoms. The van der Waals surface area contributed by atoms with Crippen molar-refractivity contribution in [3.63, 3.8) is 0 Å². The second-order valence-electron chi connectivity index (χ2n) is 6.21. The molecule has 2 aromatic heterocycles. The van der Waals surface area contributed by atoms with Gasteiger partial charge in [0.15, 0.2) is 0 Å². The molecule has 1 aromatic carbocycles. The normalized spacial score (nSPS) is 10.8. The predicted octanol–water partition coefficient (Wildman–Crippen LogP) is 3.18. The van der Waals surface area contributed by atoms with Crippen molar-refractivity contribution in [2.75, 3.05) is 18.9 Å². The molecule has 0 saturated carbocycles. The van der Waals surface area contributed by atoms with Crippen molar-refractivity contribution in [3.8, 4) is 11.5 Å². The van der Waals surface area contributed by atoms with Crippen LogP contribution in [-0.4, -0.2) is 34.3 Å². The molecule has 0 unspecified atom stereocenters. The van der Waals surface area contributed by atoms with Crippen molar-refractivity contribution >= 4 is 11.7 Å². The highest BCUT2D eigenvalue weighted by Gasteiger charge is 2.12. The minimum absolute atomic E-state index is 0.213. The highest BCUT2D eigenvalue weighted by Crippen LogP contribution is 2.19. The molecule has 0 radical (unpaired) electrons. The van der Waals surface area contributed by atoms with E-state index in [0.717, 1.165) is 12.0 Å². The largest absolute Gasteiger partial charge is 0.462 e. The number of pyridine rings is 1. The first-order valence-corrected chi connectivity index (χ1v) is 8.98. The second-order valence-corrected chi connectivity index (χ2v) is 6.21. The lowest BCUT2D eigenvalue weighted by molar-refractivity contribution is 0.0471. The number of ether oxygens (including phenoxy) is 2. The Balaban J connectivity index is 1.34. The van der Waals surface area contributed by atoms with E-state index in [4.69, 9.17) is 19.7 Å². The maximum absolute atomic E-state index is 11.8. The van der Waals surface area contributed by atoms with E-state index in [-0.39, 0.29) is 12.6 Å². The first kappa shape index (κ1) is 19.5. The van der Waals surface area contributed by atoms with Gasteiger partial charge in [-0.15, -0.1) is 0 Å². The van der Waals surface area contributed by atoms with Crippen LogP contribution in [0.2, 0.25) is 0 Å². The van der Waals surface area contributed by atoms with Gasteiger partial charge in [-0.25, -0.2) is 4.79 Å². The zero-order valence-electron chi connectivity index (χ0n) is 15.6. The number of nitrogens with zero attached hydrogens (tertiary/aromatic N) is 3. The molecule has 0 amide bonds. The molecule has 2 N–H and O–H groups in total. The molecular weight excluding hydrogens is 360 g/mol. The molecule has 0 fully saturated rings. The lowest BCUT2D eigenvalue weighted by atomic mass is 10.2. The SMILES string of the molecule is Cc1cc(N)cnc1-c1noc(COCCCCOC(=O)c2ccccc2)n1. The van der Waals surface area contributed by atoms with Crippen molar-refractivity contribution in [1.29, 1.82) is 0 Å². The van der Waals surface area contributed by atoms with Gasteiger partial charge in [-0.3, -0.25) is 4.98 Å². The number of esters is 1. The van der Waals surface area contributed by atoms with Gasteiger partial charge in [-0.1, -0.05) is 23.4 Å². The average molecular weight is 382 g/mol. The van der Waals surface area contributed by atoms with Gasteiger partial charge in [0.05, 0.1) is 24.1 Å². The summed E-state index contributed by atoms with van der Waals surface area (Å²) in [6.07, 6.45) is 3.02. The number of hydrogen-bond donors (Lipinski definition) is 1. The number of carbonyl (C=O) groups is 1. The number of aryl methyl sites for hydroxylation is 1. The molecule has 0 atom stereocenters. The summed E-state index contributed by atoms with van der Waals surface area (Å²) in [4.78, 5) is 20.3. The molecule has 146 valence electrons. The maximum Gasteiger partial charge on any atom is 0.338 e. The minimum atomic E-state index is -0.313. The fraction of sp³-hybridized carbons (Fsp3) is 0.300. The summed E-state index contributed by atoms with van der Waals surface area (Å²) in [5.41, 5.74) is 8.34. The average Bonchev–Trinajstić information content (AvgIpc) is 3.16. The Morgan fingerprint density at radius 1 is 1.18 bits per heavy atom. The molecule has 0 aliphatic carbocycles. The Kier molecular flexibility index (Phi) is 6.69. The summed E-state index contributed by atoms with van der Waals surface area (Å²) in [5.74, 6) is 0.471. The summed E-state index contributed by atoms with van der Waals surface area (Å²) in [7, 11) is 0. The Hall–Kier alpha value is -3.26. The van der Waals surface area contributed by atoms with Crippen molar-refractivity contribution in [1.82, 2.24) is 15.1 Å². The van der Waals surface area contributed by atoms with E-state index in [0.29, 0.717) is 48.3 Å². The summed E-state index contributed by atoms with van der Waals surface area (Å²) in [5, 5.41) is 3.93. The number of unbranched alkanes of at least 4 members (excludes halogenated alkanes) is 1. The number of carbonyl (C=O) groups excluding carboxylic acids is 1. The molecule has 0 saturated heterocycles. The molecule has 8 nitrogen and oxygen atoms in total. The van der Waals surface area contributed by atoms with Gasteiger partial charge in [0, 0.05) is 6.61 Å². The molecule has 3 aromatic rings. The van der Waals surface area contributed by atoms with Gasteiger partial charge in [0.25, 0.3) is 5.89 Å². The van der Waals surface area contributed by atoms with Gasteiger partial charge < -0.3 is 19.7 Å². The minimum Gasteiger partial charge on any atom is -0.462 e. The molecule has 2 heterocycles. The number of rotatable bonds is 9. The Bertz CT molecular complexity index is 912. The quantitative estimate of drug-likeness (QED) is 0.443. The third-order valence-electron chi connectivity index (χ3n) is 3.93. The van der Waals surface area contributed by atoms with Crippen molar-refractivity contribution in [2.45, 2.75) is 26.4 Å². The number of aromatic nitrogens is 3. The first-order valence-electron chi connectivity index (χ1n) is 8.98. The van der Waals surface area contributed by atoms with Crippen LogP contribution in [-0.2, 0) is 16.1 Å². The Labute approximate surface area is 162 Å². The van der Waals surface area contributed by atoms with Crippen LogP contribution in [0.5, 0.6) is 0 Å². The number of nitrogens with two attached hydrogens (primary N) is 1. The molecule has 0 spiro atoms. The third kappa shape index (κ3) is 5.37. The topological polar surface area (TPSA) is 113 Å². The van der Waals surface area contributed by atoms with E-state index >= 15 is 0 Å². The summed E-state index contributed by atoms with van der Waals surface area (Å²) < 4.78 is 15.9. The number of hydrogen-bond acceptors (Lipinski definition) is 8. The molecule has 3 rings (SSSR count). The van der Waals surface area contributed by atoms with Crippen LogP contribution in [0, 0.1) is 6.92 Å². The van der Waals surface area contributed by atoms with Crippen LogP contribution in [0.25, 0.3) is 11.5 Å². The van der Waals surface area contributed by atoms with Gasteiger partial charge in [0.2, 0.25) is 5.82 Å². The fourth-order valence-electron chi connectivity index (χ4n) is 2.53. The van der Waals surface area contributed by atoms with Crippen LogP contribution in [0.15, 0.2) is 47.1 Å². The van der Waals surface area contributed by atoms with Crippen LogP contribution in [0.1, 0.15) is 34.7 Å². The van der Waals surface area contributed by atoms with E-state index in [1.807, 2.05) is 13.0 Å². The lowest BCUT2D eigenvalue weighted by Gasteiger charge is -2.05. The van der Waals surface area contributed by atoms with E-state index in [2.05, 4.69) is 15.1 Å². The van der Waals surface area contributed by atoms with Crippen LogP contribution < -0.4 is 5.73 Å². The number of anilines is 1. The molecular formula is C20H22N4O4. The summed E-state index contributed by atoms with van der Waals surface area (Å²) in [6, 6.07) is 10.7. The van der Waals surface area contributed by atoms with Crippen LogP contribution in [0.3, 0.4) is 0 Å². The standard InChI is InChI=1S/C20H22N4O4/c1-14-11-16(21)12-22-18(14)19-23-17(28-24-19)13-26-9-5-6-10-27-20(25)15-7-3-2-4-8-15/h2-4,7-8,11-12H,5-6,9-10,13,21H2,1H3. The van der Waals surface area contributed by atoms with Gasteiger partial charge in [-0.2, -0.15) is 4.98 Å². The third-order valence-corrected chi connectivity index (χ3v) is 3.93. The summed E-state index contributed by atoms with van der Waals surface area (Å²) in [6.45, 7) is 2.95. The van der Waals surface area contributed by atoms with E-state index in [1.54, 1.807) is 36.5 Å². The maximum atomic E-state index is 11.8. The zero-order chi connectivity index (χ0) is 19.8. The van der Waals surface area contributed by atoms with Gasteiger partial charge in [-0.05, 0) is 43.5 Å². The lowest BCUT2D eigenvalue weighted by Crippen LogP contribution is -2.07. The Morgan fingerprint density at radius 3 is 2.75 bits per heavy atom. The van der Waals surface area contributed by atoms with Crippen LogP contribution >= 0.6 is 0 Å². The van der Waals surface area contributed by atoms with Gasteiger partial charge in [0.1, 0.15) is 12.3 Å². The smallest absolute Gasteiger partial charge is 0.338 e. The van der Waals surface area contributed by atoms with Crippen molar-refractivity contribution in [3.05, 3.63) is 59.6 Å². The first-order chi connectivity index (χ1) is 13.6. The molecule has 0 aliphatic rings. The molecule has 0 bridgehead atoms. The zero-order valence-corrected chi connectivity index (χ0v) is 15.6. The molecule has 28 heavy (non-hydrogen) atoms. The van der Waals surface area contributed by atoms with Crippen molar-refractivity contribution < 1.29 is 18.8 Å². The predicted molar refractivity (Wildman–Crippen MR) is 102 cm³/mol. The van der Waals surface area contributed by atoms with Crippen LogP contribution in [0.4, 0.5) is 5.69 Å².